The van der Waals surface area contributed by atoms with E-state index in [0.717, 1.165) is 17.0 Å². The first-order chi connectivity index (χ1) is 12.8. The van der Waals surface area contributed by atoms with Gasteiger partial charge in [-0.3, -0.25) is 9.59 Å². The molecule has 0 heterocycles. The SMILES string of the molecule is Cc1ccc(SCCC(=O)O[C@H](C)C(=O)Nc2ccc(F)cc2F)cc1C. The number of nitrogens with one attached hydrogen (secondary N) is 1. The topological polar surface area (TPSA) is 55.4 Å². The van der Waals surface area contributed by atoms with Gasteiger partial charge in [0.25, 0.3) is 5.91 Å². The van der Waals surface area contributed by atoms with Gasteiger partial charge in [0.05, 0.1) is 12.1 Å². The third-order valence-corrected chi connectivity index (χ3v) is 4.92. The Labute approximate surface area is 161 Å². The molecule has 0 saturated carbocycles. The van der Waals surface area contributed by atoms with Crippen LogP contribution in [0.3, 0.4) is 0 Å². The number of amides is 1. The summed E-state index contributed by atoms with van der Waals surface area (Å²) in [5, 5.41) is 2.27. The second-order valence-corrected chi connectivity index (χ2v) is 7.26. The molecule has 1 N–H and O–H groups in total. The van der Waals surface area contributed by atoms with E-state index in [0.29, 0.717) is 11.8 Å². The molecule has 2 aromatic carbocycles. The van der Waals surface area contributed by atoms with Crippen LogP contribution in [0, 0.1) is 25.5 Å². The maximum Gasteiger partial charge on any atom is 0.307 e. The summed E-state index contributed by atoms with van der Waals surface area (Å²) in [5.74, 6) is -2.33. The predicted molar refractivity (Wildman–Crippen MR) is 102 cm³/mol. The molecule has 0 aliphatic carbocycles. The number of esters is 1. The summed E-state index contributed by atoms with van der Waals surface area (Å²) < 4.78 is 31.5. The molecule has 0 aliphatic rings. The number of benzene rings is 2. The number of rotatable bonds is 7. The zero-order chi connectivity index (χ0) is 20.0. The molecule has 2 aromatic rings. The van der Waals surface area contributed by atoms with Crippen molar-refractivity contribution in [2.24, 2.45) is 0 Å². The van der Waals surface area contributed by atoms with Crippen molar-refractivity contribution in [3.05, 3.63) is 59.2 Å². The van der Waals surface area contributed by atoms with Gasteiger partial charge in [-0.1, -0.05) is 6.07 Å². The Bertz CT molecular complexity index is 842. The van der Waals surface area contributed by atoms with Crippen molar-refractivity contribution in [2.45, 2.75) is 38.2 Å². The summed E-state index contributed by atoms with van der Waals surface area (Å²) in [6, 6.07) is 8.87. The molecule has 0 spiro atoms. The lowest BCUT2D eigenvalue weighted by molar-refractivity contribution is -0.152. The van der Waals surface area contributed by atoms with Crippen molar-refractivity contribution in [1.82, 2.24) is 0 Å². The fourth-order valence-corrected chi connectivity index (χ4v) is 3.12. The van der Waals surface area contributed by atoms with E-state index in [9.17, 15) is 18.4 Å². The number of anilines is 1. The molecule has 4 nitrogen and oxygen atoms in total. The molecule has 1 atom stereocenters. The summed E-state index contributed by atoms with van der Waals surface area (Å²) >= 11 is 1.53. The maximum atomic E-state index is 13.6. The summed E-state index contributed by atoms with van der Waals surface area (Å²) in [7, 11) is 0. The van der Waals surface area contributed by atoms with E-state index in [1.807, 2.05) is 26.0 Å². The van der Waals surface area contributed by atoms with Crippen LogP contribution < -0.4 is 5.32 Å². The van der Waals surface area contributed by atoms with Crippen LogP contribution >= 0.6 is 11.8 Å². The minimum atomic E-state index is -1.09. The van der Waals surface area contributed by atoms with Crippen LogP contribution in [0.15, 0.2) is 41.3 Å². The van der Waals surface area contributed by atoms with Gasteiger partial charge < -0.3 is 10.1 Å². The second kappa shape index (κ2) is 9.50. The minimum Gasteiger partial charge on any atom is -0.453 e. The highest BCUT2D eigenvalue weighted by molar-refractivity contribution is 7.99. The number of carbonyl (C=O) groups excluding carboxylic acids is 2. The Morgan fingerprint density at radius 3 is 2.52 bits per heavy atom. The lowest BCUT2D eigenvalue weighted by Crippen LogP contribution is -2.30. The van der Waals surface area contributed by atoms with Crippen LogP contribution in [0.4, 0.5) is 14.5 Å². The largest absolute Gasteiger partial charge is 0.453 e. The van der Waals surface area contributed by atoms with Crippen LogP contribution in [0.2, 0.25) is 0 Å². The fraction of sp³-hybridized carbons (Fsp3) is 0.300. The molecule has 0 aromatic heterocycles. The molecular formula is C20H21F2NO3S. The molecule has 7 heteroatoms. The lowest BCUT2D eigenvalue weighted by Gasteiger charge is -2.14. The van der Waals surface area contributed by atoms with Gasteiger partial charge in [0.2, 0.25) is 0 Å². The number of hydrogen-bond donors (Lipinski definition) is 1. The van der Waals surface area contributed by atoms with E-state index in [2.05, 4.69) is 11.4 Å². The molecule has 0 unspecified atom stereocenters. The molecule has 1 amide bonds. The first kappa shape index (κ1) is 20.9. The highest BCUT2D eigenvalue weighted by Crippen LogP contribution is 2.22. The van der Waals surface area contributed by atoms with Gasteiger partial charge in [0.1, 0.15) is 11.6 Å². The first-order valence-electron chi connectivity index (χ1n) is 8.41. The van der Waals surface area contributed by atoms with Gasteiger partial charge >= 0.3 is 5.97 Å². The highest BCUT2D eigenvalue weighted by atomic mass is 32.2. The summed E-state index contributed by atoms with van der Waals surface area (Å²) in [6.45, 7) is 5.45. The zero-order valence-electron chi connectivity index (χ0n) is 15.3. The molecule has 0 fully saturated rings. The van der Waals surface area contributed by atoms with E-state index in [4.69, 9.17) is 4.74 Å². The maximum absolute atomic E-state index is 13.6. The van der Waals surface area contributed by atoms with Crippen LogP contribution in [0.5, 0.6) is 0 Å². The van der Waals surface area contributed by atoms with Gasteiger partial charge in [-0.25, -0.2) is 8.78 Å². The van der Waals surface area contributed by atoms with E-state index < -0.39 is 29.6 Å². The van der Waals surface area contributed by atoms with Gasteiger partial charge in [0.15, 0.2) is 6.10 Å². The Balaban J connectivity index is 1.78. The smallest absolute Gasteiger partial charge is 0.307 e. The second-order valence-electron chi connectivity index (χ2n) is 6.09. The van der Waals surface area contributed by atoms with Crippen molar-refractivity contribution in [3.63, 3.8) is 0 Å². The minimum absolute atomic E-state index is 0.139. The molecule has 0 aliphatic heterocycles. The Kier molecular flexibility index (Phi) is 7.36. The zero-order valence-corrected chi connectivity index (χ0v) is 16.2. The predicted octanol–water partition coefficient (Wildman–Crippen LogP) is 4.63. The molecule has 0 saturated heterocycles. The van der Waals surface area contributed by atoms with Crippen LogP contribution in [0.1, 0.15) is 24.5 Å². The van der Waals surface area contributed by atoms with E-state index in [1.165, 1.54) is 29.8 Å². The molecule has 2 rings (SSSR count). The van der Waals surface area contributed by atoms with E-state index in [-0.39, 0.29) is 12.1 Å². The summed E-state index contributed by atoms with van der Waals surface area (Å²) in [6.07, 6.45) is -0.950. The third-order valence-electron chi connectivity index (χ3n) is 3.92. The van der Waals surface area contributed by atoms with Gasteiger partial charge in [-0.05, 0) is 56.2 Å². The van der Waals surface area contributed by atoms with Crippen molar-refractivity contribution in [3.8, 4) is 0 Å². The third kappa shape index (κ3) is 6.36. The lowest BCUT2D eigenvalue weighted by atomic mass is 10.1. The molecule has 0 bridgehead atoms. The monoisotopic (exact) mass is 393 g/mol. The van der Waals surface area contributed by atoms with E-state index in [1.54, 1.807) is 0 Å². The van der Waals surface area contributed by atoms with Crippen LogP contribution in [0.25, 0.3) is 0 Å². The molecule has 144 valence electrons. The number of carbonyl (C=O) groups is 2. The summed E-state index contributed by atoms with van der Waals surface area (Å²) in [4.78, 5) is 24.9. The Morgan fingerprint density at radius 1 is 1.11 bits per heavy atom. The number of thioether (sulfide) groups is 1. The summed E-state index contributed by atoms with van der Waals surface area (Å²) in [5.41, 5.74) is 2.21. The average Bonchev–Trinajstić information content (AvgIpc) is 2.60. The molecular weight excluding hydrogens is 372 g/mol. The number of aryl methyl sites for hydroxylation is 2. The van der Waals surface area contributed by atoms with Crippen LogP contribution in [-0.2, 0) is 14.3 Å². The van der Waals surface area contributed by atoms with Crippen molar-refractivity contribution >= 4 is 29.3 Å². The standard InChI is InChI=1S/C20H21F2NO3S/c1-12-4-6-16(10-13(12)2)27-9-8-19(24)26-14(3)20(25)23-18-7-5-15(21)11-17(18)22/h4-7,10-11,14H,8-9H2,1-3H3,(H,23,25)/t14-/m1/s1. The first-order valence-corrected chi connectivity index (χ1v) is 9.40. The Morgan fingerprint density at radius 2 is 1.85 bits per heavy atom. The fourth-order valence-electron chi connectivity index (χ4n) is 2.19. The van der Waals surface area contributed by atoms with Gasteiger partial charge in [-0.2, -0.15) is 0 Å². The van der Waals surface area contributed by atoms with E-state index >= 15 is 0 Å². The van der Waals surface area contributed by atoms with Crippen molar-refractivity contribution in [2.75, 3.05) is 11.1 Å². The quantitative estimate of drug-likeness (QED) is 0.550. The normalized spacial score (nSPS) is 11.7. The van der Waals surface area contributed by atoms with Crippen LogP contribution in [-0.4, -0.2) is 23.7 Å². The number of halogens is 2. The van der Waals surface area contributed by atoms with Crippen molar-refractivity contribution in [1.29, 1.82) is 0 Å². The molecule has 27 heavy (non-hydrogen) atoms. The number of ether oxygens (including phenoxy) is 1. The van der Waals surface area contributed by atoms with Crippen molar-refractivity contribution < 1.29 is 23.1 Å². The van der Waals surface area contributed by atoms with Gasteiger partial charge in [0, 0.05) is 16.7 Å². The average molecular weight is 393 g/mol. The number of hydrogen-bond acceptors (Lipinski definition) is 4. The molecule has 0 radical (unpaired) electrons. The van der Waals surface area contributed by atoms with Gasteiger partial charge in [-0.15, -0.1) is 11.8 Å². The highest BCUT2D eigenvalue weighted by Gasteiger charge is 2.19. The Hall–Kier alpha value is -2.41.